The number of hydrogen-bond acceptors (Lipinski definition) is 6. The Labute approximate surface area is 234 Å². The van der Waals surface area contributed by atoms with Gasteiger partial charge in [-0.15, -0.1) is 5.10 Å². The first kappa shape index (κ1) is 26.6. The Morgan fingerprint density at radius 3 is 2.70 bits per heavy atom. The lowest BCUT2D eigenvalue weighted by atomic mass is 9.91. The van der Waals surface area contributed by atoms with E-state index in [9.17, 15) is 19.5 Å². The Morgan fingerprint density at radius 1 is 1.10 bits per heavy atom. The van der Waals surface area contributed by atoms with E-state index < -0.39 is 18.0 Å². The van der Waals surface area contributed by atoms with Crippen molar-refractivity contribution in [3.8, 4) is 5.69 Å². The second-order valence-corrected chi connectivity index (χ2v) is 9.49. The molecule has 2 N–H and O–H groups in total. The minimum absolute atomic E-state index is 0.329. The molecule has 40 heavy (non-hydrogen) atoms. The number of hydrogen-bond donors (Lipinski definition) is 2. The molecule has 0 spiro atoms. The maximum Gasteiger partial charge on any atom is 0.411 e. The van der Waals surface area contributed by atoms with Gasteiger partial charge < -0.3 is 15.3 Å². The number of carboxylic acid groups (broad SMARTS) is 1. The highest BCUT2D eigenvalue weighted by molar-refractivity contribution is 6.30. The SMILES string of the molecule is CN(C(=O)O)c1cccc(NC(=O)[C@@H]2c3ccccc3CCN2C(=O)/C=C/c2cc(Cl)ccc2-n2cnnn2)c1. The summed E-state index contributed by atoms with van der Waals surface area (Å²) in [5.41, 5.74) is 3.75. The lowest BCUT2D eigenvalue weighted by Gasteiger charge is -2.35. The molecule has 5 rings (SSSR count). The van der Waals surface area contributed by atoms with Gasteiger partial charge in [-0.05, 0) is 70.4 Å². The van der Waals surface area contributed by atoms with Gasteiger partial charge in [0.2, 0.25) is 5.91 Å². The molecular weight excluding hydrogens is 534 g/mol. The summed E-state index contributed by atoms with van der Waals surface area (Å²) < 4.78 is 1.46. The van der Waals surface area contributed by atoms with Gasteiger partial charge in [-0.3, -0.25) is 14.5 Å². The summed E-state index contributed by atoms with van der Waals surface area (Å²) in [5.74, 6) is -0.780. The molecule has 3 amide bonds. The van der Waals surface area contributed by atoms with E-state index in [1.54, 1.807) is 48.5 Å². The first-order valence-corrected chi connectivity index (χ1v) is 12.7. The highest BCUT2D eigenvalue weighted by Gasteiger charge is 2.35. The molecular formula is C28H24ClN7O4. The van der Waals surface area contributed by atoms with Crippen LogP contribution in [0.25, 0.3) is 11.8 Å². The molecule has 1 aliphatic heterocycles. The predicted molar refractivity (Wildman–Crippen MR) is 149 cm³/mol. The molecule has 11 nitrogen and oxygen atoms in total. The van der Waals surface area contributed by atoms with E-state index in [0.717, 1.165) is 16.0 Å². The normalized spacial score (nSPS) is 14.6. The zero-order valence-corrected chi connectivity index (χ0v) is 22.1. The maximum absolute atomic E-state index is 13.7. The average Bonchev–Trinajstić information content (AvgIpc) is 3.50. The third-order valence-electron chi connectivity index (χ3n) is 6.59. The molecule has 202 valence electrons. The fourth-order valence-electron chi connectivity index (χ4n) is 4.60. The number of rotatable bonds is 6. The van der Waals surface area contributed by atoms with Gasteiger partial charge in [-0.25, -0.2) is 4.79 Å². The Balaban J connectivity index is 1.44. The van der Waals surface area contributed by atoms with E-state index in [1.807, 2.05) is 24.3 Å². The summed E-state index contributed by atoms with van der Waals surface area (Å²) in [7, 11) is 1.41. The molecule has 12 heteroatoms. The highest BCUT2D eigenvalue weighted by atomic mass is 35.5. The van der Waals surface area contributed by atoms with Gasteiger partial charge in [0.15, 0.2) is 0 Å². The molecule has 0 fully saturated rings. The Bertz CT molecular complexity index is 1610. The Morgan fingerprint density at radius 2 is 1.93 bits per heavy atom. The van der Waals surface area contributed by atoms with E-state index in [4.69, 9.17) is 11.6 Å². The Hall–Kier alpha value is -5.03. The lowest BCUT2D eigenvalue weighted by molar-refractivity contribution is -0.135. The zero-order chi connectivity index (χ0) is 28.2. The third kappa shape index (κ3) is 5.54. The first-order valence-electron chi connectivity index (χ1n) is 12.3. The van der Waals surface area contributed by atoms with Crippen LogP contribution < -0.4 is 10.2 Å². The number of carbonyl (C=O) groups is 3. The number of nitrogens with zero attached hydrogens (tertiary/aromatic N) is 6. The molecule has 0 bridgehead atoms. The predicted octanol–water partition coefficient (Wildman–Crippen LogP) is 4.21. The Kier molecular flexibility index (Phi) is 7.56. The molecule has 1 atom stereocenters. The van der Waals surface area contributed by atoms with Crippen LogP contribution in [0, 0.1) is 0 Å². The number of anilines is 2. The number of nitrogens with one attached hydrogen (secondary N) is 1. The van der Waals surface area contributed by atoms with Crippen molar-refractivity contribution < 1.29 is 19.5 Å². The molecule has 1 aromatic heterocycles. The van der Waals surface area contributed by atoms with E-state index in [2.05, 4.69) is 20.8 Å². The van der Waals surface area contributed by atoms with Gasteiger partial charge in [-0.1, -0.05) is 41.9 Å². The van der Waals surface area contributed by atoms with Crippen LogP contribution in [-0.4, -0.2) is 61.7 Å². The van der Waals surface area contributed by atoms with Crippen molar-refractivity contribution in [2.75, 3.05) is 23.8 Å². The van der Waals surface area contributed by atoms with Gasteiger partial charge in [0.25, 0.3) is 5.91 Å². The third-order valence-corrected chi connectivity index (χ3v) is 6.83. The summed E-state index contributed by atoms with van der Waals surface area (Å²) in [6.45, 7) is 0.329. The first-order chi connectivity index (χ1) is 19.3. The van der Waals surface area contributed by atoms with E-state index >= 15 is 0 Å². The smallest absolute Gasteiger partial charge is 0.411 e. The van der Waals surface area contributed by atoms with Crippen molar-refractivity contribution >= 4 is 47.0 Å². The van der Waals surface area contributed by atoms with E-state index in [-0.39, 0.29) is 5.91 Å². The van der Waals surface area contributed by atoms with E-state index in [0.29, 0.717) is 40.6 Å². The van der Waals surface area contributed by atoms with Crippen LogP contribution in [0.2, 0.25) is 5.02 Å². The summed E-state index contributed by atoms with van der Waals surface area (Å²) in [6.07, 6.45) is 3.91. The number of amides is 3. The standard InChI is InChI=1S/C28H24ClN7O4/c1-34(28(39)40)22-7-4-6-21(16-22)31-27(38)26-23-8-3-2-5-18(23)13-14-35(26)25(37)12-9-19-15-20(29)10-11-24(19)36-17-30-32-33-36/h2-12,15-17,26H,13-14H2,1H3,(H,31,38)(H,39,40)/b12-9+/t26-/m0/s1. The fourth-order valence-corrected chi connectivity index (χ4v) is 4.78. The monoisotopic (exact) mass is 557 g/mol. The van der Waals surface area contributed by atoms with Crippen LogP contribution in [0.1, 0.15) is 22.7 Å². The molecule has 0 aliphatic carbocycles. The fraction of sp³-hybridized carbons (Fsp3) is 0.143. The minimum Gasteiger partial charge on any atom is -0.465 e. The van der Waals surface area contributed by atoms with Crippen molar-refractivity contribution in [1.82, 2.24) is 25.1 Å². The van der Waals surface area contributed by atoms with Crippen LogP contribution in [0.3, 0.4) is 0 Å². The largest absolute Gasteiger partial charge is 0.465 e. The van der Waals surface area contributed by atoms with Gasteiger partial charge >= 0.3 is 6.09 Å². The average molecular weight is 558 g/mol. The van der Waals surface area contributed by atoms with Crippen LogP contribution in [0.4, 0.5) is 16.2 Å². The molecule has 0 saturated carbocycles. The number of carbonyl (C=O) groups excluding carboxylic acids is 2. The zero-order valence-electron chi connectivity index (χ0n) is 21.3. The quantitative estimate of drug-likeness (QED) is 0.339. The van der Waals surface area contributed by atoms with Crippen LogP contribution in [0.15, 0.2) is 79.1 Å². The van der Waals surface area contributed by atoms with Gasteiger partial charge in [-0.2, -0.15) is 4.68 Å². The van der Waals surface area contributed by atoms with Crippen molar-refractivity contribution in [3.05, 3.63) is 101 Å². The highest BCUT2D eigenvalue weighted by Crippen LogP contribution is 2.32. The van der Waals surface area contributed by atoms with Crippen molar-refractivity contribution in [1.29, 1.82) is 0 Å². The number of tetrazole rings is 1. The lowest BCUT2D eigenvalue weighted by Crippen LogP contribution is -2.44. The molecule has 0 unspecified atom stereocenters. The second-order valence-electron chi connectivity index (χ2n) is 9.06. The van der Waals surface area contributed by atoms with Crippen molar-refractivity contribution in [2.24, 2.45) is 0 Å². The van der Waals surface area contributed by atoms with Gasteiger partial charge in [0.1, 0.15) is 12.4 Å². The molecule has 3 aromatic carbocycles. The molecule has 4 aromatic rings. The van der Waals surface area contributed by atoms with E-state index in [1.165, 1.54) is 29.0 Å². The summed E-state index contributed by atoms with van der Waals surface area (Å²) in [6, 6.07) is 18.2. The second kappa shape index (κ2) is 11.4. The molecule has 1 aliphatic rings. The maximum atomic E-state index is 13.7. The number of aromatic nitrogens is 4. The minimum atomic E-state index is -1.13. The van der Waals surface area contributed by atoms with Gasteiger partial charge in [0.05, 0.1) is 5.69 Å². The summed E-state index contributed by atoms with van der Waals surface area (Å²) >= 11 is 6.21. The molecule has 0 radical (unpaired) electrons. The van der Waals surface area contributed by atoms with Gasteiger partial charge in [0, 0.05) is 41.6 Å². The number of benzene rings is 3. The summed E-state index contributed by atoms with van der Waals surface area (Å²) in [4.78, 5) is 41.2. The van der Waals surface area contributed by atoms with Crippen LogP contribution >= 0.6 is 11.6 Å². The topological polar surface area (TPSA) is 134 Å². The number of halogens is 1. The van der Waals surface area contributed by atoms with Crippen molar-refractivity contribution in [3.63, 3.8) is 0 Å². The molecule has 0 saturated heterocycles. The van der Waals surface area contributed by atoms with Crippen molar-refractivity contribution in [2.45, 2.75) is 12.5 Å². The van der Waals surface area contributed by atoms with Crippen LogP contribution in [-0.2, 0) is 16.0 Å². The molecule has 2 heterocycles. The van der Waals surface area contributed by atoms with Crippen LogP contribution in [0.5, 0.6) is 0 Å². The summed E-state index contributed by atoms with van der Waals surface area (Å²) in [5, 5.41) is 23.9. The number of fused-ring (bicyclic) bond motifs is 1.